The lowest BCUT2D eigenvalue weighted by atomic mass is 10.1. The highest BCUT2D eigenvalue weighted by Crippen LogP contribution is 2.43. The summed E-state index contributed by atoms with van der Waals surface area (Å²) in [7, 11) is 0. The van der Waals surface area contributed by atoms with Gasteiger partial charge in [0.2, 0.25) is 5.91 Å². The van der Waals surface area contributed by atoms with Crippen LogP contribution in [0.25, 0.3) is 11.0 Å². The van der Waals surface area contributed by atoms with Crippen LogP contribution in [0.5, 0.6) is 0 Å². The van der Waals surface area contributed by atoms with E-state index >= 15 is 0 Å². The molecule has 0 bridgehead atoms. The van der Waals surface area contributed by atoms with Gasteiger partial charge < -0.3 is 5.32 Å². The van der Waals surface area contributed by atoms with Crippen LogP contribution < -0.4 is 5.32 Å². The highest BCUT2D eigenvalue weighted by molar-refractivity contribution is 9.10. The van der Waals surface area contributed by atoms with E-state index in [4.69, 9.17) is 11.6 Å². The topological polar surface area (TPSA) is 77.6 Å². The Labute approximate surface area is 192 Å². The molecule has 1 aromatic carbocycles. The van der Waals surface area contributed by atoms with Gasteiger partial charge in [-0.1, -0.05) is 23.7 Å². The van der Waals surface area contributed by atoms with Crippen molar-refractivity contribution in [2.75, 3.05) is 5.32 Å². The van der Waals surface area contributed by atoms with Crippen molar-refractivity contribution in [1.82, 2.24) is 24.5 Å². The fourth-order valence-electron chi connectivity index (χ4n) is 3.80. The Morgan fingerprint density at radius 1 is 1.23 bits per heavy atom. The summed E-state index contributed by atoms with van der Waals surface area (Å²) in [5, 5.41) is 13.7. The van der Waals surface area contributed by atoms with Gasteiger partial charge in [-0.3, -0.25) is 9.48 Å². The molecule has 3 aromatic heterocycles. The molecule has 1 aliphatic rings. The summed E-state index contributed by atoms with van der Waals surface area (Å²) in [5.74, 6) is 0.857. The number of hydrogen-bond donors (Lipinski definition) is 1. The summed E-state index contributed by atoms with van der Waals surface area (Å²) in [6, 6.07) is 9.66. The number of benzene rings is 1. The summed E-state index contributed by atoms with van der Waals surface area (Å²) >= 11 is 9.42. The molecule has 4 aromatic rings. The number of aromatic nitrogens is 5. The first-order chi connectivity index (χ1) is 15.0. The zero-order chi connectivity index (χ0) is 21.5. The number of hydrogen-bond acceptors (Lipinski definition) is 4. The summed E-state index contributed by atoms with van der Waals surface area (Å²) in [4.78, 5) is 17.2. The molecule has 0 saturated heterocycles. The van der Waals surface area contributed by atoms with Gasteiger partial charge in [0, 0.05) is 22.8 Å². The van der Waals surface area contributed by atoms with Gasteiger partial charge in [0.15, 0.2) is 11.5 Å². The van der Waals surface area contributed by atoms with Crippen LogP contribution in [0, 0.1) is 6.92 Å². The first-order valence-electron chi connectivity index (χ1n) is 10.1. The monoisotopic (exact) mass is 498 g/mol. The van der Waals surface area contributed by atoms with E-state index in [1.165, 1.54) is 18.4 Å². The Bertz CT molecular complexity index is 1280. The van der Waals surface area contributed by atoms with Crippen molar-refractivity contribution in [3.05, 3.63) is 69.0 Å². The van der Waals surface area contributed by atoms with Gasteiger partial charge in [-0.15, -0.1) is 0 Å². The second-order valence-corrected chi connectivity index (χ2v) is 9.10. The van der Waals surface area contributed by atoms with Gasteiger partial charge in [0.25, 0.3) is 0 Å². The fraction of sp³-hybridized carbons (Fsp3) is 0.273. The molecule has 0 unspecified atom stereocenters. The lowest BCUT2D eigenvalue weighted by Gasteiger charge is -2.05. The van der Waals surface area contributed by atoms with Gasteiger partial charge in [-0.25, -0.2) is 9.67 Å². The number of fused-ring (bicyclic) bond motifs is 1. The average Bonchev–Trinajstić information content (AvgIpc) is 3.47. The summed E-state index contributed by atoms with van der Waals surface area (Å²) in [5.41, 5.74) is 4.02. The minimum Gasteiger partial charge on any atom is -0.307 e. The molecule has 0 atom stereocenters. The van der Waals surface area contributed by atoms with Gasteiger partial charge >= 0.3 is 0 Å². The van der Waals surface area contributed by atoms with E-state index in [-0.39, 0.29) is 12.5 Å². The number of amides is 1. The second-order valence-electron chi connectivity index (χ2n) is 7.81. The standard InChI is InChI=1S/C22H20BrClN6O/c1-13-20-17(15-4-5-15)8-9-25-22(20)30(27-13)12-19(31)26-21-18(23)11-29(28-21)10-14-2-6-16(24)7-3-14/h2-3,6-9,11,15H,4-5,10,12H2,1H3,(H,26,28,31). The Balaban J connectivity index is 1.31. The van der Waals surface area contributed by atoms with Gasteiger partial charge in [0.1, 0.15) is 6.54 Å². The van der Waals surface area contributed by atoms with Crippen molar-refractivity contribution in [3.63, 3.8) is 0 Å². The molecule has 1 aliphatic carbocycles. The molecule has 0 aliphatic heterocycles. The molecule has 0 radical (unpaired) electrons. The maximum Gasteiger partial charge on any atom is 0.247 e. The number of halogens is 2. The first kappa shape index (κ1) is 20.2. The van der Waals surface area contributed by atoms with Crippen LogP contribution in [0.4, 0.5) is 5.82 Å². The third kappa shape index (κ3) is 4.22. The Kier molecular flexibility index (Phi) is 5.27. The van der Waals surface area contributed by atoms with Gasteiger partial charge in [0.05, 0.1) is 16.7 Å². The number of aryl methyl sites for hydroxylation is 1. The molecule has 31 heavy (non-hydrogen) atoms. The summed E-state index contributed by atoms with van der Waals surface area (Å²) < 4.78 is 4.15. The van der Waals surface area contributed by atoms with Crippen LogP contribution in [0.1, 0.15) is 35.6 Å². The molecule has 1 amide bonds. The van der Waals surface area contributed by atoms with Gasteiger partial charge in [-0.2, -0.15) is 10.2 Å². The third-order valence-corrected chi connectivity index (χ3v) is 6.22. The third-order valence-electron chi connectivity index (χ3n) is 5.38. The lowest BCUT2D eigenvalue weighted by Crippen LogP contribution is -2.20. The molecular formula is C22H20BrClN6O. The van der Waals surface area contributed by atoms with Crippen molar-refractivity contribution < 1.29 is 4.79 Å². The maximum atomic E-state index is 12.7. The van der Waals surface area contributed by atoms with E-state index in [9.17, 15) is 4.79 Å². The number of rotatable bonds is 6. The van der Waals surface area contributed by atoms with Crippen LogP contribution in [-0.2, 0) is 17.9 Å². The quantitative estimate of drug-likeness (QED) is 0.409. The molecule has 0 spiro atoms. The smallest absolute Gasteiger partial charge is 0.247 e. The molecule has 7 nitrogen and oxygen atoms in total. The molecule has 1 fully saturated rings. The first-order valence-corrected chi connectivity index (χ1v) is 11.2. The molecule has 1 N–H and O–H groups in total. The highest BCUT2D eigenvalue weighted by Gasteiger charge is 2.27. The van der Waals surface area contributed by atoms with Crippen molar-refractivity contribution in [2.24, 2.45) is 0 Å². The second kappa shape index (κ2) is 8.09. The Hall–Kier alpha value is -2.71. The van der Waals surface area contributed by atoms with E-state index < -0.39 is 0 Å². The molecule has 9 heteroatoms. The predicted octanol–water partition coefficient (Wildman–Crippen LogP) is 4.92. The summed E-state index contributed by atoms with van der Waals surface area (Å²) in [6.07, 6.45) is 6.05. The lowest BCUT2D eigenvalue weighted by molar-refractivity contribution is -0.116. The normalized spacial score (nSPS) is 13.6. The van der Waals surface area contributed by atoms with Crippen molar-refractivity contribution in [1.29, 1.82) is 0 Å². The maximum absolute atomic E-state index is 12.7. The van der Waals surface area contributed by atoms with E-state index in [1.54, 1.807) is 15.6 Å². The number of anilines is 1. The van der Waals surface area contributed by atoms with E-state index in [0.717, 1.165) is 22.3 Å². The molecule has 1 saturated carbocycles. The minimum absolute atomic E-state index is 0.0714. The van der Waals surface area contributed by atoms with E-state index in [2.05, 4.69) is 42.5 Å². The number of carbonyl (C=O) groups is 1. The number of nitrogens with one attached hydrogen (secondary N) is 1. The van der Waals surface area contributed by atoms with E-state index in [1.807, 2.05) is 37.4 Å². The highest BCUT2D eigenvalue weighted by atomic mass is 79.9. The van der Waals surface area contributed by atoms with Crippen LogP contribution >= 0.6 is 27.5 Å². The van der Waals surface area contributed by atoms with Crippen molar-refractivity contribution >= 4 is 50.3 Å². The van der Waals surface area contributed by atoms with Crippen molar-refractivity contribution in [3.8, 4) is 0 Å². The summed E-state index contributed by atoms with van der Waals surface area (Å²) in [6.45, 7) is 2.61. The fourth-order valence-corrected chi connectivity index (χ4v) is 4.34. The zero-order valence-electron chi connectivity index (χ0n) is 16.8. The molecule has 5 rings (SSSR count). The average molecular weight is 500 g/mol. The van der Waals surface area contributed by atoms with Crippen LogP contribution in [0.3, 0.4) is 0 Å². The van der Waals surface area contributed by atoms with Crippen LogP contribution in [0.2, 0.25) is 5.02 Å². The van der Waals surface area contributed by atoms with Gasteiger partial charge in [-0.05, 0) is 70.9 Å². The van der Waals surface area contributed by atoms with E-state index in [0.29, 0.717) is 27.8 Å². The van der Waals surface area contributed by atoms with Crippen molar-refractivity contribution in [2.45, 2.75) is 38.8 Å². The number of nitrogens with zero attached hydrogens (tertiary/aromatic N) is 5. The molecule has 3 heterocycles. The molecular weight excluding hydrogens is 480 g/mol. The number of carbonyl (C=O) groups excluding carboxylic acids is 1. The number of pyridine rings is 1. The largest absolute Gasteiger partial charge is 0.307 e. The predicted molar refractivity (Wildman–Crippen MR) is 123 cm³/mol. The molecule has 158 valence electrons. The zero-order valence-corrected chi connectivity index (χ0v) is 19.2. The Morgan fingerprint density at radius 3 is 2.74 bits per heavy atom. The Morgan fingerprint density at radius 2 is 2.00 bits per heavy atom. The van der Waals surface area contributed by atoms with Crippen LogP contribution in [0.15, 0.2) is 47.2 Å². The minimum atomic E-state index is -0.208. The SMILES string of the molecule is Cc1nn(CC(=O)Nc2nn(Cc3ccc(Cl)cc3)cc2Br)c2nccc(C3CC3)c12. The van der Waals surface area contributed by atoms with Crippen LogP contribution in [-0.4, -0.2) is 30.5 Å².